The predicted octanol–water partition coefficient (Wildman–Crippen LogP) is 6.43. The summed E-state index contributed by atoms with van der Waals surface area (Å²) in [6, 6.07) is 8.87. The van der Waals surface area contributed by atoms with Crippen LogP contribution < -0.4 is 4.74 Å². The molecule has 2 saturated heterocycles. The summed E-state index contributed by atoms with van der Waals surface area (Å²) in [7, 11) is 0. The lowest BCUT2D eigenvalue weighted by molar-refractivity contribution is -0.390. The van der Waals surface area contributed by atoms with Crippen molar-refractivity contribution in [3.05, 3.63) is 29.8 Å². The van der Waals surface area contributed by atoms with Crippen molar-refractivity contribution in [3.63, 3.8) is 0 Å². The minimum absolute atomic E-state index is 0.437. The summed E-state index contributed by atoms with van der Waals surface area (Å²) in [5, 5.41) is 0. The number of piperidine rings is 1. The molecule has 35 heavy (non-hydrogen) atoms. The van der Waals surface area contributed by atoms with Crippen molar-refractivity contribution in [1.82, 2.24) is 4.90 Å². The van der Waals surface area contributed by atoms with Crippen molar-refractivity contribution >= 4 is 0 Å². The van der Waals surface area contributed by atoms with E-state index in [1.807, 2.05) is 0 Å². The standard InChI is InChI=1S/C30H43NO4/c1-2-13-31(14-3-1)15-4-16-32-28-7-5-24(6-8-28)25-9-11-29(12-10-25)33-30(35-34-29)26-18-22-17-23(20-26)21-27(30)19-22/h5-8,22-23,25-27H,1-4,9-21H2. The Balaban J connectivity index is 0.901. The van der Waals surface area contributed by atoms with Gasteiger partial charge in [0, 0.05) is 31.2 Å². The van der Waals surface area contributed by atoms with Gasteiger partial charge in [0.1, 0.15) is 5.75 Å². The summed E-state index contributed by atoms with van der Waals surface area (Å²) in [4.78, 5) is 14.9. The van der Waals surface area contributed by atoms with Crippen LogP contribution in [0.1, 0.15) is 95.0 Å². The van der Waals surface area contributed by atoms with Crippen molar-refractivity contribution in [3.8, 4) is 5.75 Å². The first kappa shape index (κ1) is 23.0. The maximum absolute atomic E-state index is 6.89. The lowest BCUT2D eigenvalue weighted by atomic mass is 9.53. The molecule has 5 heteroatoms. The number of likely N-dealkylation sites (tertiary alicyclic amines) is 1. The number of hydrogen-bond acceptors (Lipinski definition) is 5. The molecule has 5 aliphatic carbocycles. The molecule has 0 atom stereocenters. The van der Waals surface area contributed by atoms with Gasteiger partial charge in [0.05, 0.1) is 6.61 Å². The van der Waals surface area contributed by atoms with E-state index in [9.17, 15) is 0 Å². The molecule has 1 aromatic rings. The highest BCUT2D eigenvalue weighted by molar-refractivity contribution is 5.30. The molecule has 5 nitrogen and oxygen atoms in total. The normalized spacial score (nSPS) is 42.8. The number of nitrogens with zero attached hydrogens (tertiary/aromatic N) is 1. The molecule has 2 heterocycles. The van der Waals surface area contributed by atoms with Crippen LogP contribution in [-0.2, 0) is 14.5 Å². The Morgan fingerprint density at radius 2 is 1.51 bits per heavy atom. The number of benzene rings is 1. The van der Waals surface area contributed by atoms with Crippen LogP contribution >= 0.6 is 0 Å². The summed E-state index contributed by atoms with van der Waals surface area (Å²) in [6.07, 6.45) is 15.8. The van der Waals surface area contributed by atoms with Crippen LogP contribution in [0.15, 0.2) is 24.3 Å². The van der Waals surface area contributed by atoms with E-state index in [1.54, 1.807) is 0 Å². The van der Waals surface area contributed by atoms with Gasteiger partial charge in [0.15, 0.2) is 0 Å². The van der Waals surface area contributed by atoms with Gasteiger partial charge < -0.3 is 14.4 Å². The van der Waals surface area contributed by atoms with Crippen LogP contribution in [0, 0.1) is 23.7 Å². The molecule has 2 spiro atoms. The molecule has 0 unspecified atom stereocenters. The molecule has 8 rings (SSSR count). The van der Waals surface area contributed by atoms with Gasteiger partial charge in [-0.25, -0.2) is 0 Å². The number of hydrogen-bond donors (Lipinski definition) is 0. The van der Waals surface area contributed by atoms with Crippen LogP contribution in [0.2, 0.25) is 0 Å². The molecule has 0 amide bonds. The molecular formula is C30H43NO4. The largest absolute Gasteiger partial charge is 0.494 e. The highest BCUT2D eigenvalue weighted by Crippen LogP contribution is 2.64. The SMILES string of the molecule is c1cc(C2CCC3(CC2)OOC2(O3)C3CC4CC(C3)CC2C4)ccc1OCCCN1CCCCC1. The Labute approximate surface area is 210 Å². The maximum Gasteiger partial charge on any atom is 0.210 e. The van der Waals surface area contributed by atoms with Gasteiger partial charge in [-0.1, -0.05) is 18.6 Å². The first-order valence-electron chi connectivity index (χ1n) is 14.7. The van der Waals surface area contributed by atoms with Crippen molar-refractivity contribution in [2.24, 2.45) is 23.7 Å². The van der Waals surface area contributed by atoms with E-state index in [-0.39, 0.29) is 0 Å². The zero-order valence-corrected chi connectivity index (χ0v) is 21.3. The molecule has 5 saturated carbocycles. The van der Waals surface area contributed by atoms with Crippen LogP contribution in [-0.4, -0.2) is 42.7 Å². The first-order chi connectivity index (χ1) is 17.2. The molecule has 2 aliphatic heterocycles. The second-order valence-electron chi connectivity index (χ2n) is 12.7. The van der Waals surface area contributed by atoms with Gasteiger partial charge in [-0.2, -0.15) is 9.78 Å². The Hall–Kier alpha value is -1.14. The summed E-state index contributed by atoms with van der Waals surface area (Å²) in [5.41, 5.74) is 1.42. The molecule has 192 valence electrons. The molecule has 4 bridgehead atoms. The Bertz CT molecular complexity index is 843. The van der Waals surface area contributed by atoms with E-state index < -0.39 is 11.6 Å². The minimum Gasteiger partial charge on any atom is -0.494 e. The highest BCUT2D eigenvalue weighted by Gasteiger charge is 2.66. The fraction of sp³-hybridized carbons (Fsp3) is 0.800. The average molecular weight is 482 g/mol. The third-order valence-corrected chi connectivity index (χ3v) is 10.4. The fourth-order valence-electron chi connectivity index (χ4n) is 8.68. The van der Waals surface area contributed by atoms with Gasteiger partial charge in [0.2, 0.25) is 11.6 Å². The topological polar surface area (TPSA) is 40.2 Å². The van der Waals surface area contributed by atoms with Crippen molar-refractivity contribution in [2.45, 2.75) is 101 Å². The van der Waals surface area contributed by atoms with Crippen LogP contribution in [0.3, 0.4) is 0 Å². The molecule has 7 aliphatic rings. The molecule has 0 aromatic heterocycles. The second kappa shape index (κ2) is 9.31. The Morgan fingerprint density at radius 3 is 2.20 bits per heavy atom. The van der Waals surface area contributed by atoms with Crippen LogP contribution in [0.5, 0.6) is 5.75 Å². The molecule has 7 fully saturated rings. The third-order valence-electron chi connectivity index (χ3n) is 10.4. The number of ether oxygens (including phenoxy) is 2. The number of rotatable bonds is 6. The maximum atomic E-state index is 6.89. The lowest BCUT2D eigenvalue weighted by Crippen LogP contribution is -2.59. The fourth-order valence-corrected chi connectivity index (χ4v) is 8.68. The van der Waals surface area contributed by atoms with E-state index in [0.29, 0.717) is 17.8 Å². The quantitative estimate of drug-likeness (QED) is 0.346. The smallest absolute Gasteiger partial charge is 0.210 e. The third kappa shape index (κ3) is 4.35. The molecular weight excluding hydrogens is 438 g/mol. The predicted molar refractivity (Wildman–Crippen MR) is 134 cm³/mol. The Morgan fingerprint density at radius 1 is 0.829 bits per heavy atom. The van der Waals surface area contributed by atoms with E-state index in [0.717, 1.165) is 56.3 Å². The van der Waals surface area contributed by atoms with Crippen molar-refractivity contribution in [2.75, 3.05) is 26.2 Å². The van der Waals surface area contributed by atoms with Gasteiger partial charge in [-0.3, -0.25) is 0 Å². The average Bonchev–Trinajstić information content (AvgIpc) is 3.26. The summed E-state index contributed by atoms with van der Waals surface area (Å²) in [6.45, 7) is 4.51. The lowest BCUT2D eigenvalue weighted by Gasteiger charge is -2.57. The second-order valence-corrected chi connectivity index (χ2v) is 12.7. The summed E-state index contributed by atoms with van der Waals surface area (Å²) >= 11 is 0. The van der Waals surface area contributed by atoms with Crippen molar-refractivity contribution in [1.29, 1.82) is 0 Å². The Kier molecular flexibility index (Phi) is 6.12. The minimum atomic E-state index is -0.511. The highest BCUT2D eigenvalue weighted by atomic mass is 17.3. The van der Waals surface area contributed by atoms with E-state index in [4.69, 9.17) is 19.2 Å². The summed E-state index contributed by atoms with van der Waals surface area (Å²) < 4.78 is 12.9. The van der Waals surface area contributed by atoms with Gasteiger partial charge in [0.25, 0.3) is 0 Å². The monoisotopic (exact) mass is 481 g/mol. The zero-order valence-electron chi connectivity index (χ0n) is 21.3. The summed E-state index contributed by atoms with van der Waals surface area (Å²) in [5.74, 6) is 3.52. The van der Waals surface area contributed by atoms with Crippen LogP contribution in [0.25, 0.3) is 0 Å². The van der Waals surface area contributed by atoms with Crippen molar-refractivity contribution < 1.29 is 19.2 Å². The van der Waals surface area contributed by atoms with Crippen LogP contribution in [0.4, 0.5) is 0 Å². The van der Waals surface area contributed by atoms with Gasteiger partial charge in [-0.05, 0) is 113 Å². The molecule has 1 aromatic carbocycles. The zero-order chi connectivity index (χ0) is 23.3. The van der Waals surface area contributed by atoms with E-state index in [2.05, 4.69) is 29.2 Å². The molecule has 0 radical (unpaired) electrons. The van der Waals surface area contributed by atoms with E-state index >= 15 is 0 Å². The van der Waals surface area contributed by atoms with Gasteiger partial charge in [-0.15, -0.1) is 0 Å². The van der Waals surface area contributed by atoms with Gasteiger partial charge >= 0.3 is 0 Å². The first-order valence-corrected chi connectivity index (χ1v) is 14.7. The molecule has 0 N–H and O–H groups in total. The van der Waals surface area contributed by atoms with E-state index in [1.165, 1.54) is 76.6 Å².